The molecule has 0 radical (unpaired) electrons. The summed E-state index contributed by atoms with van der Waals surface area (Å²) in [7, 11) is 0. The van der Waals surface area contributed by atoms with E-state index in [1.54, 1.807) is 0 Å². The van der Waals surface area contributed by atoms with Crippen molar-refractivity contribution >= 4 is 5.91 Å². The van der Waals surface area contributed by atoms with Crippen LogP contribution in [0, 0.1) is 11.3 Å². The molecule has 19 heavy (non-hydrogen) atoms. The smallest absolute Gasteiger partial charge is 0.243 e. The number of amides is 1. The van der Waals surface area contributed by atoms with Crippen molar-refractivity contribution in [3.05, 3.63) is 0 Å². The molecule has 0 bridgehead atoms. The van der Waals surface area contributed by atoms with Gasteiger partial charge in [0.15, 0.2) is 0 Å². The lowest BCUT2D eigenvalue weighted by atomic mass is 9.97. The molecule has 1 saturated carbocycles. The Morgan fingerprint density at radius 3 is 2.42 bits per heavy atom. The van der Waals surface area contributed by atoms with E-state index in [-0.39, 0.29) is 11.7 Å². The number of nitrogens with zero attached hydrogens (tertiary/aromatic N) is 1. The van der Waals surface area contributed by atoms with Gasteiger partial charge in [-0.1, -0.05) is 34.1 Å². The summed E-state index contributed by atoms with van der Waals surface area (Å²) in [6.45, 7) is 11.8. The molecule has 0 aromatic heterocycles. The number of rotatable bonds is 6. The summed E-state index contributed by atoms with van der Waals surface area (Å²) < 4.78 is 0. The first kappa shape index (κ1) is 14.8. The molecule has 2 atom stereocenters. The monoisotopic (exact) mass is 266 g/mol. The second-order valence-electron chi connectivity index (χ2n) is 7.20. The van der Waals surface area contributed by atoms with Gasteiger partial charge in [0.2, 0.25) is 5.91 Å². The van der Waals surface area contributed by atoms with Crippen LogP contribution in [0.1, 0.15) is 66.7 Å². The highest BCUT2D eigenvalue weighted by Gasteiger charge is 2.52. The van der Waals surface area contributed by atoms with Gasteiger partial charge in [-0.25, -0.2) is 0 Å². The molecule has 2 fully saturated rings. The van der Waals surface area contributed by atoms with Crippen LogP contribution in [0.25, 0.3) is 0 Å². The van der Waals surface area contributed by atoms with E-state index in [1.165, 1.54) is 25.7 Å². The van der Waals surface area contributed by atoms with Gasteiger partial charge >= 0.3 is 0 Å². The zero-order valence-electron chi connectivity index (χ0n) is 13.3. The number of hydrogen-bond acceptors (Lipinski definition) is 2. The molecular formula is C16H30N2O. The fraction of sp³-hybridized carbons (Fsp3) is 0.938. The van der Waals surface area contributed by atoms with Crippen LogP contribution in [-0.4, -0.2) is 29.1 Å². The first-order valence-corrected chi connectivity index (χ1v) is 7.96. The number of nitrogens with one attached hydrogen (secondary N) is 1. The van der Waals surface area contributed by atoms with Crippen molar-refractivity contribution in [2.45, 2.75) is 78.4 Å². The molecule has 3 nitrogen and oxygen atoms in total. The van der Waals surface area contributed by atoms with Gasteiger partial charge in [-0.2, -0.15) is 0 Å². The summed E-state index contributed by atoms with van der Waals surface area (Å²) in [5, 5.41) is 3.59. The standard InChI is InChI=1S/C16H30N2O/c1-6-8-16(9-10-16)11-18-13(12(3)4)17-15(5,7-2)14(18)19/h12-13,17H,6-11H2,1-5H3. The lowest BCUT2D eigenvalue weighted by Crippen LogP contribution is -2.45. The Morgan fingerprint density at radius 2 is 2.00 bits per heavy atom. The largest absolute Gasteiger partial charge is 0.325 e. The predicted octanol–water partition coefficient (Wildman–Crippen LogP) is 3.15. The summed E-state index contributed by atoms with van der Waals surface area (Å²) in [5.74, 6) is 0.783. The average molecular weight is 266 g/mol. The summed E-state index contributed by atoms with van der Waals surface area (Å²) in [4.78, 5) is 14.9. The normalized spacial score (nSPS) is 33.3. The Bertz CT molecular complexity index is 349. The Balaban J connectivity index is 2.14. The zero-order chi connectivity index (χ0) is 14.3. The van der Waals surface area contributed by atoms with Crippen LogP contribution in [-0.2, 0) is 4.79 Å². The summed E-state index contributed by atoms with van der Waals surface area (Å²) >= 11 is 0. The summed E-state index contributed by atoms with van der Waals surface area (Å²) in [5.41, 5.74) is 0.0927. The van der Waals surface area contributed by atoms with Crippen LogP contribution < -0.4 is 5.32 Å². The molecule has 0 spiro atoms. The molecule has 2 aliphatic rings. The van der Waals surface area contributed by atoms with E-state index in [1.807, 2.05) is 0 Å². The van der Waals surface area contributed by atoms with E-state index in [0.717, 1.165) is 13.0 Å². The Kier molecular flexibility index (Phi) is 3.97. The van der Waals surface area contributed by atoms with E-state index in [2.05, 4.69) is 44.8 Å². The Hall–Kier alpha value is -0.570. The number of carbonyl (C=O) groups is 1. The van der Waals surface area contributed by atoms with Gasteiger partial charge < -0.3 is 4.90 Å². The Labute approximate surface area is 118 Å². The molecule has 1 amide bonds. The van der Waals surface area contributed by atoms with Crippen molar-refractivity contribution in [1.82, 2.24) is 10.2 Å². The summed E-state index contributed by atoms with van der Waals surface area (Å²) in [6.07, 6.45) is 6.19. The molecule has 2 rings (SSSR count). The minimum absolute atomic E-state index is 0.215. The van der Waals surface area contributed by atoms with Gasteiger partial charge in [-0.3, -0.25) is 10.1 Å². The van der Waals surface area contributed by atoms with Crippen LogP contribution in [0.2, 0.25) is 0 Å². The second-order valence-corrected chi connectivity index (χ2v) is 7.20. The van der Waals surface area contributed by atoms with Gasteiger partial charge in [0.05, 0.1) is 11.7 Å². The van der Waals surface area contributed by atoms with Gasteiger partial charge in [0.1, 0.15) is 0 Å². The van der Waals surface area contributed by atoms with Gasteiger partial charge in [0.25, 0.3) is 0 Å². The van der Waals surface area contributed by atoms with Crippen LogP contribution in [0.5, 0.6) is 0 Å². The lowest BCUT2D eigenvalue weighted by molar-refractivity contribution is -0.134. The maximum atomic E-state index is 12.7. The van der Waals surface area contributed by atoms with Crippen LogP contribution in [0.15, 0.2) is 0 Å². The van der Waals surface area contributed by atoms with Crippen molar-refractivity contribution in [2.75, 3.05) is 6.54 Å². The van der Waals surface area contributed by atoms with Crippen molar-refractivity contribution < 1.29 is 4.79 Å². The molecule has 1 heterocycles. The highest BCUT2D eigenvalue weighted by molar-refractivity contribution is 5.88. The zero-order valence-corrected chi connectivity index (χ0v) is 13.3. The Morgan fingerprint density at radius 1 is 1.37 bits per heavy atom. The maximum Gasteiger partial charge on any atom is 0.243 e. The third-order valence-electron chi connectivity index (χ3n) is 5.12. The molecule has 3 heteroatoms. The third kappa shape index (κ3) is 2.67. The fourth-order valence-electron chi connectivity index (χ4n) is 3.41. The minimum Gasteiger partial charge on any atom is -0.325 e. The fourth-order valence-corrected chi connectivity index (χ4v) is 3.41. The predicted molar refractivity (Wildman–Crippen MR) is 78.7 cm³/mol. The molecule has 0 aromatic rings. The van der Waals surface area contributed by atoms with Crippen molar-refractivity contribution in [3.63, 3.8) is 0 Å². The molecule has 1 aliphatic heterocycles. The first-order chi connectivity index (χ1) is 8.87. The molecule has 1 aliphatic carbocycles. The minimum atomic E-state index is -0.350. The molecule has 110 valence electrons. The van der Waals surface area contributed by atoms with E-state index in [4.69, 9.17) is 0 Å². The number of hydrogen-bond donors (Lipinski definition) is 1. The maximum absolute atomic E-state index is 12.7. The van der Waals surface area contributed by atoms with E-state index in [9.17, 15) is 4.79 Å². The topological polar surface area (TPSA) is 32.3 Å². The van der Waals surface area contributed by atoms with Crippen LogP contribution in [0.3, 0.4) is 0 Å². The highest BCUT2D eigenvalue weighted by atomic mass is 16.2. The van der Waals surface area contributed by atoms with Crippen molar-refractivity contribution in [3.8, 4) is 0 Å². The molecule has 1 saturated heterocycles. The van der Waals surface area contributed by atoms with Crippen LogP contribution >= 0.6 is 0 Å². The van der Waals surface area contributed by atoms with Gasteiger partial charge in [-0.15, -0.1) is 0 Å². The molecule has 0 aromatic carbocycles. The van der Waals surface area contributed by atoms with E-state index in [0.29, 0.717) is 17.2 Å². The van der Waals surface area contributed by atoms with Crippen molar-refractivity contribution in [2.24, 2.45) is 11.3 Å². The molecule has 1 N–H and O–H groups in total. The number of carbonyl (C=O) groups excluding carboxylic acids is 1. The highest BCUT2D eigenvalue weighted by Crippen LogP contribution is 2.51. The van der Waals surface area contributed by atoms with E-state index < -0.39 is 0 Å². The van der Waals surface area contributed by atoms with Gasteiger partial charge in [-0.05, 0) is 43.9 Å². The first-order valence-electron chi connectivity index (χ1n) is 7.96. The molecular weight excluding hydrogens is 236 g/mol. The van der Waals surface area contributed by atoms with Crippen LogP contribution in [0.4, 0.5) is 0 Å². The quantitative estimate of drug-likeness (QED) is 0.801. The molecule has 2 unspecified atom stereocenters. The SMILES string of the molecule is CCCC1(CN2C(=O)C(C)(CC)NC2C(C)C)CC1. The van der Waals surface area contributed by atoms with E-state index >= 15 is 0 Å². The van der Waals surface area contributed by atoms with Crippen molar-refractivity contribution in [1.29, 1.82) is 0 Å². The average Bonchev–Trinajstić information content (AvgIpc) is 3.07. The second kappa shape index (κ2) is 5.08. The third-order valence-corrected chi connectivity index (χ3v) is 5.12. The van der Waals surface area contributed by atoms with Gasteiger partial charge in [0, 0.05) is 6.54 Å². The summed E-state index contributed by atoms with van der Waals surface area (Å²) in [6, 6.07) is 0. The lowest BCUT2D eigenvalue weighted by Gasteiger charge is -2.31.